The minimum atomic E-state index is 0.0857. The molecule has 1 amide bonds. The van der Waals surface area contributed by atoms with Gasteiger partial charge in [-0.05, 0) is 59.3 Å². The number of hydrogen-bond acceptors (Lipinski definition) is 3. The highest BCUT2D eigenvalue weighted by Crippen LogP contribution is 2.20. The molecule has 27 heavy (non-hydrogen) atoms. The van der Waals surface area contributed by atoms with Gasteiger partial charge < -0.3 is 20.4 Å². The van der Waals surface area contributed by atoms with E-state index in [4.69, 9.17) is 0 Å². The number of guanidine groups is 1. The summed E-state index contributed by atoms with van der Waals surface area (Å²) < 4.78 is 0. The number of hydrogen-bond donors (Lipinski definition) is 2. The van der Waals surface area contributed by atoms with Crippen LogP contribution in [0.4, 0.5) is 5.69 Å². The molecule has 0 radical (unpaired) electrons. The third-order valence-electron chi connectivity index (χ3n) is 4.95. The first kappa shape index (κ1) is 21.2. The molecule has 2 N–H and O–H groups in total. The van der Waals surface area contributed by atoms with Gasteiger partial charge in [0.25, 0.3) is 0 Å². The van der Waals surface area contributed by atoms with Crippen LogP contribution in [0.15, 0.2) is 35.3 Å². The van der Waals surface area contributed by atoms with Crippen molar-refractivity contribution in [1.29, 1.82) is 0 Å². The Balaban J connectivity index is 1.82. The van der Waals surface area contributed by atoms with Crippen LogP contribution in [0.25, 0.3) is 0 Å². The first-order valence-corrected chi connectivity index (χ1v) is 10.1. The predicted molar refractivity (Wildman–Crippen MR) is 113 cm³/mol. The zero-order valence-corrected chi connectivity index (χ0v) is 17.2. The van der Waals surface area contributed by atoms with Crippen LogP contribution in [-0.2, 0) is 4.79 Å². The molecule has 6 nitrogen and oxygen atoms in total. The Morgan fingerprint density at radius 1 is 1.30 bits per heavy atom. The Bertz CT molecular complexity index is 602. The molecule has 2 rings (SSSR count). The topological polar surface area (TPSA) is 60.0 Å². The van der Waals surface area contributed by atoms with E-state index in [1.165, 1.54) is 0 Å². The summed E-state index contributed by atoms with van der Waals surface area (Å²) in [6.07, 6.45) is 2.70. The second-order valence-electron chi connectivity index (χ2n) is 7.43. The first-order chi connectivity index (χ1) is 13.0. The van der Waals surface area contributed by atoms with Gasteiger partial charge in [-0.1, -0.05) is 18.2 Å². The fourth-order valence-corrected chi connectivity index (χ4v) is 3.10. The van der Waals surface area contributed by atoms with E-state index in [-0.39, 0.29) is 11.9 Å². The monoisotopic (exact) mass is 373 g/mol. The number of carbonyl (C=O) groups is 1. The number of unbranched alkanes of at least 4 members (excludes halogenated alkanes) is 1. The molecule has 6 heteroatoms. The van der Waals surface area contributed by atoms with Gasteiger partial charge in [0.1, 0.15) is 0 Å². The number of rotatable bonds is 9. The van der Waals surface area contributed by atoms with E-state index < -0.39 is 0 Å². The summed E-state index contributed by atoms with van der Waals surface area (Å²) in [4.78, 5) is 21.3. The number of amides is 1. The number of anilines is 1. The normalized spacial score (nSPS) is 17.9. The third kappa shape index (κ3) is 6.86. The smallest absolute Gasteiger partial charge is 0.229 e. The van der Waals surface area contributed by atoms with Crippen LogP contribution >= 0.6 is 0 Å². The molecule has 1 aliphatic heterocycles. The van der Waals surface area contributed by atoms with Crippen LogP contribution in [0.5, 0.6) is 0 Å². The van der Waals surface area contributed by atoms with E-state index in [0.717, 1.165) is 44.1 Å². The largest absolute Gasteiger partial charge is 0.357 e. The Morgan fingerprint density at radius 3 is 2.70 bits per heavy atom. The molecule has 1 atom stereocenters. The molecule has 0 spiro atoms. The van der Waals surface area contributed by atoms with Gasteiger partial charge in [0.15, 0.2) is 5.96 Å². The van der Waals surface area contributed by atoms with Crippen molar-refractivity contribution in [3.63, 3.8) is 0 Å². The molecule has 0 saturated carbocycles. The lowest BCUT2D eigenvalue weighted by Crippen LogP contribution is -2.44. The Labute approximate surface area is 164 Å². The molecular weight excluding hydrogens is 338 g/mol. The standard InChI is InChI=1S/C21H35N5O/c1-5-22-21(23-13-9-10-14-25(4)17(2)3)24-18-15-20(27)26(16-18)19-11-7-6-8-12-19/h6-8,11-12,17-18H,5,9-10,13-16H2,1-4H3,(H2,22,23,24). The maximum atomic E-state index is 12.4. The fourth-order valence-electron chi connectivity index (χ4n) is 3.10. The van der Waals surface area contributed by atoms with Crippen LogP contribution in [0.1, 0.15) is 40.0 Å². The van der Waals surface area contributed by atoms with E-state index in [1.54, 1.807) is 0 Å². The maximum Gasteiger partial charge on any atom is 0.229 e. The molecule has 1 unspecified atom stereocenters. The molecule has 0 bridgehead atoms. The summed E-state index contributed by atoms with van der Waals surface area (Å²) in [6, 6.07) is 10.5. The van der Waals surface area contributed by atoms with Crippen molar-refractivity contribution in [3.05, 3.63) is 30.3 Å². The molecule has 1 aromatic carbocycles. The van der Waals surface area contributed by atoms with E-state index in [0.29, 0.717) is 19.0 Å². The van der Waals surface area contributed by atoms with Crippen molar-refractivity contribution in [1.82, 2.24) is 15.5 Å². The average Bonchev–Trinajstić information content (AvgIpc) is 3.02. The van der Waals surface area contributed by atoms with Gasteiger partial charge in [-0.2, -0.15) is 0 Å². The molecule has 150 valence electrons. The van der Waals surface area contributed by atoms with E-state index >= 15 is 0 Å². The summed E-state index contributed by atoms with van der Waals surface area (Å²) in [7, 11) is 2.16. The van der Waals surface area contributed by atoms with Crippen molar-refractivity contribution in [2.24, 2.45) is 4.99 Å². The highest BCUT2D eigenvalue weighted by molar-refractivity contribution is 5.97. The van der Waals surface area contributed by atoms with Crippen molar-refractivity contribution in [3.8, 4) is 0 Å². The number of aliphatic imine (C=N–C) groups is 1. The number of nitrogens with zero attached hydrogens (tertiary/aromatic N) is 3. The van der Waals surface area contributed by atoms with Crippen molar-refractivity contribution < 1.29 is 4.79 Å². The van der Waals surface area contributed by atoms with Gasteiger partial charge in [-0.25, -0.2) is 0 Å². The summed E-state index contributed by atoms with van der Waals surface area (Å²) >= 11 is 0. The van der Waals surface area contributed by atoms with Crippen LogP contribution in [-0.4, -0.2) is 62.1 Å². The van der Waals surface area contributed by atoms with Crippen LogP contribution in [0.2, 0.25) is 0 Å². The van der Waals surface area contributed by atoms with Crippen molar-refractivity contribution >= 4 is 17.6 Å². The Hall–Kier alpha value is -2.08. The Morgan fingerprint density at radius 2 is 2.04 bits per heavy atom. The second kappa shape index (κ2) is 10.9. The summed E-state index contributed by atoms with van der Waals surface area (Å²) in [5.41, 5.74) is 0.961. The zero-order valence-electron chi connectivity index (χ0n) is 17.2. The molecular formula is C21H35N5O. The maximum absolute atomic E-state index is 12.4. The Kier molecular flexibility index (Phi) is 8.58. The molecule has 1 heterocycles. The molecule has 1 aromatic rings. The lowest BCUT2D eigenvalue weighted by molar-refractivity contribution is -0.117. The van der Waals surface area contributed by atoms with Crippen molar-refractivity contribution in [2.45, 2.75) is 52.1 Å². The molecule has 0 aliphatic carbocycles. The number of para-hydroxylation sites is 1. The first-order valence-electron chi connectivity index (χ1n) is 10.1. The zero-order chi connectivity index (χ0) is 19.6. The second-order valence-corrected chi connectivity index (χ2v) is 7.43. The van der Waals surface area contributed by atoms with Crippen LogP contribution in [0.3, 0.4) is 0 Å². The van der Waals surface area contributed by atoms with Gasteiger partial charge in [0, 0.05) is 37.8 Å². The number of carbonyl (C=O) groups excluding carboxylic acids is 1. The average molecular weight is 374 g/mol. The van der Waals surface area contributed by atoms with Gasteiger partial charge in [0.05, 0.1) is 6.04 Å². The molecule has 1 aliphatic rings. The fraction of sp³-hybridized carbons (Fsp3) is 0.619. The lowest BCUT2D eigenvalue weighted by Gasteiger charge is -2.20. The lowest BCUT2D eigenvalue weighted by atomic mass is 10.2. The van der Waals surface area contributed by atoms with E-state index in [2.05, 4.69) is 48.3 Å². The molecule has 0 aromatic heterocycles. The van der Waals surface area contributed by atoms with Crippen molar-refractivity contribution in [2.75, 3.05) is 38.1 Å². The van der Waals surface area contributed by atoms with E-state index in [1.807, 2.05) is 35.2 Å². The quantitative estimate of drug-likeness (QED) is 0.397. The summed E-state index contributed by atoms with van der Waals surface area (Å²) in [5, 5.41) is 6.73. The molecule has 1 saturated heterocycles. The van der Waals surface area contributed by atoms with Gasteiger partial charge >= 0.3 is 0 Å². The minimum Gasteiger partial charge on any atom is -0.357 e. The van der Waals surface area contributed by atoms with E-state index in [9.17, 15) is 4.79 Å². The SMILES string of the molecule is CCNC(=NCCCCN(C)C(C)C)NC1CC(=O)N(c2ccccc2)C1. The number of benzene rings is 1. The number of nitrogens with one attached hydrogen (secondary N) is 2. The van der Waals surface area contributed by atoms with Gasteiger partial charge in [0.2, 0.25) is 5.91 Å². The van der Waals surface area contributed by atoms with Crippen LogP contribution in [0, 0.1) is 0 Å². The van der Waals surface area contributed by atoms with Gasteiger partial charge in [-0.3, -0.25) is 9.79 Å². The minimum absolute atomic E-state index is 0.0857. The predicted octanol–water partition coefficient (Wildman–Crippen LogP) is 2.47. The third-order valence-corrected chi connectivity index (χ3v) is 4.95. The molecule has 1 fully saturated rings. The van der Waals surface area contributed by atoms with Gasteiger partial charge in [-0.15, -0.1) is 0 Å². The summed E-state index contributed by atoms with van der Waals surface area (Å²) in [5.74, 6) is 0.966. The highest BCUT2D eigenvalue weighted by Gasteiger charge is 2.30. The highest BCUT2D eigenvalue weighted by atomic mass is 16.2. The van der Waals surface area contributed by atoms with Crippen LogP contribution < -0.4 is 15.5 Å². The summed E-state index contributed by atoms with van der Waals surface area (Å²) in [6.45, 7) is 9.87.